The number of aromatic nitrogens is 5. The van der Waals surface area contributed by atoms with Crippen molar-refractivity contribution in [3.8, 4) is 11.3 Å². The van der Waals surface area contributed by atoms with Gasteiger partial charge in [-0.1, -0.05) is 18.2 Å². The smallest absolute Gasteiger partial charge is 0.300 e. The van der Waals surface area contributed by atoms with E-state index in [1.807, 2.05) is 48.9 Å². The first kappa shape index (κ1) is 22.5. The van der Waals surface area contributed by atoms with E-state index in [2.05, 4.69) is 26.3 Å². The van der Waals surface area contributed by atoms with Gasteiger partial charge in [-0.3, -0.25) is 0 Å². The molecule has 0 aliphatic carbocycles. The predicted octanol–water partition coefficient (Wildman–Crippen LogP) is 4.33. The Morgan fingerprint density at radius 1 is 1.08 bits per heavy atom. The number of nitrogens with two attached hydrogens (primary N) is 1. The van der Waals surface area contributed by atoms with Crippen molar-refractivity contribution in [1.82, 2.24) is 24.7 Å². The zero-order valence-electron chi connectivity index (χ0n) is 19.9. The van der Waals surface area contributed by atoms with Crippen LogP contribution < -0.4 is 11.1 Å². The van der Waals surface area contributed by atoms with Crippen molar-refractivity contribution < 1.29 is 12.8 Å². The first-order chi connectivity index (χ1) is 17.3. The highest BCUT2D eigenvalue weighted by Crippen LogP contribution is 2.35. The molecule has 0 spiro atoms. The normalized spacial score (nSPS) is 16.1. The Hall–Kier alpha value is -3.99. The van der Waals surface area contributed by atoms with Gasteiger partial charge in [0.2, 0.25) is 0 Å². The maximum Gasteiger partial charge on any atom is 0.300 e. The summed E-state index contributed by atoms with van der Waals surface area (Å²) in [5.74, 6) is 0.623. The van der Waals surface area contributed by atoms with E-state index < -0.39 is 9.84 Å². The second-order valence-corrected chi connectivity index (χ2v) is 11.6. The molecule has 0 amide bonds. The number of rotatable bonds is 4. The van der Waals surface area contributed by atoms with Crippen LogP contribution in [0.1, 0.15) is 30.0 Å². The number of benzene rings is 2. The minimum Gasteiger partial charge on any atom is -0.423 e. The first-order valence-electron chi connectivity index (χ1n) is 11.7. The number of anilines is 3. The Morgan fingerprint density at radius 3 is 2.58 bits per heavy atom. The van der Waals surface area contributed by atoms with Crippen LogP contribution in [0.2, 0.25) is 0 Å². The van der Waals surface area contributed by atoms with Crippen LogP contribution in [0, 0.1) is 13.8 Å². The number of nitrogen functional groups attached to an aromatic ring is 1. The minimum atomic E-state index is -2.99. The molecule has 0 atom stereocenters. The average Bonchev–Trinajstić information content (AvgIpc) is 3.42. The Balaban J connectivity index is 1.33. The fourth-order valence-corrected chi connectivity index (χ4v) is 6.31. The maximum absolute atomic E-state index is 11.9. The Bertz CT molecular complexity index is 1710. The highest BCUT2D eigenvalue weighted by molar-refractivity contribution is 7.91. The number of sulfone groups is 1. The van der Waals surface area contributed by atoms with Gasteiger partial charge in [-0.25, -0.2) is 23.1 Å². The maximum atomic E-state index is 11.9. The van der Waals surface area contributed by atoms with E-state index in [9.17, 15) is 8.42 Å². The number of oxazole rings is 1. The number of hydrogen-bond donors (Lipinski definition) is 2. The van der Waals surface area contributed by atoms with Crippen LogP contribution in [0.5, 0.6) is 0 Å². The summed E-state index contributed by atoms with van der Waals surface area (Å²) in [7, 11) is -2.99. The summed E-state index contributed by atoms with van der Waals surface area (Å²) in [6.07, 6.45) is 2.40. The van der Waals surface area contributed by atoms with Crippen LogP contribution in [0.15, 0.2) is 47.1 Å². The average molecular weight is 504 g/mol. The van der Waals surface area contributed by atoms with Crippen molar-refractivity contribution in [2.24, 2.45) is 0 Å². The SMILES string of the molecule is Cc1cc(C)c2oc(Nc3ccc(-c4nn(C5CCS(=O)(=O)CC5)c5ncnc(N)c45)cc3)nc2c1. The van der Waals surface area contributed by atoms with Gasteiger partial charge in [-0.05, 0) is 56.0 Å². The third-order valence-electron chi connectivity index (χ3n) is 6.62. The lowest BCUT2D eigenvalue weighted by atomic mass is 10.1. The molecule has 0 unspecified atom stereocenters. The summed E-state index contributed by atoms with van der Waals surface area (Å²) < 4.78 is 31.6. The molecular formula is C25H25N7O3S. The summed E-state index contributed by atoms with van der Waals surface area (Å²) in [6.45, 7) is 4.04. The van der Waals surface area contributed by atoms with Gasteiger partial charge in [-0.2, -0.15) is 10.1 Å². The fourth-order valence-electron chi connectivity index (χ4n) is 4.84. The van der Waals surface area contributed by atoms with Gasteiger partial charge < -0.3 is 15.5 Å². The summed E-state index contributed by atoms with van der Waals surface area (Å²) in [5.41, 5.74) is 12.9. The van der Waals surface area contributed by atoms with Gasteiger partial charge in [0.05, 0.1) is 22.9 Å². The van der Waals surface area contributed by atoms with E-state index in [-0.39, 0.29) is 17.5 Å². The zero-order chi connectivity index (χ0) is 25.0. The molecule has 5 aromatic rings. The lowest BCUT2D eigenvalue weighted by Crippen LogP contribution is -2.26. The Morgan fingerprint density at radius 2 is 1.83 bits per heavy atom. The van der Waals surface area contributed by atoms with E-state index in [0.29, 0.717) is 41.4 Å². The molecule has 1 fully saturated rings. The van der Waals surface area contributed by atoms with E-state index in [1.165, 1.54) is 6.33 Å². The molecule has 184 valence electrons. The highest BCUT2D eigenvalue weighted by Gasteiger charge is 2.28. The molecule has 1 aliphatic heterocycles. The first-order valence-corrected chi connectivity index (χ1v) is 13.5. The van der Waals surface area contributed by atoms with Crippen molar-refractivity contribution >= 4 is 49.5 Å². The largest absolute Gasteiger partial charge is 0.423 e. The van der Waals surface area contributed by atoms with Crippen LogP contribution in [-0.4, -0.2) is 44.7 Å². The Labute approximate surface area is 207 Å². The predicted molar refractivity (Wildman–Crippen MR) is 139 cm³/mol. The number of aryl methyl sites for hydroxylation is 2. The van der Waals surface area contributed by atoms with Crippen LogP contribution >= 0.6 is 0 Å². The molecule has 0 saturated carbocycles. The van der Waals surface area contributed by atoms with Gasteiger partial charge in [0.15, 0.2) is 11.2 Å². The van der Waals surface area contributed by atoms with Crippen LogP contribution in [0.25, 0.3) is 33.4 Å². The second-order valence-electron chi connectivity index (χ2n) is 9.29. The van der Waals surface area contributed by atoms with Crippen molar-refractivity contribution in [3.05, 3.63) is 53.9 Å². The molecule has 6 rings (SSSR count). The number of fused-ring (bicyclic) bond motifs is 2. The fraction of sp³-hybridized carbons (Fsp3) is 0.280. The van der Waals surface area contributed by atoms with Gasteiger partial charge in [0, 0.05) is 11.3 Å². The molecule has 0 bridgehead atoms. The minimum absolute atomic E-state index is 0.0636. The van der Waals surface area contributed by atoms with E-state index in [1.54, 1.807) is 0 Å². The summed E-state index contributed by atoms with van der Waals surface area (Å²) in [5, 5.41) is 8.73. The standard InChI is InChI=1S/C25H25N7O3S/c1-14-11-15(2)22-19(12-14)30-25(35-22)29-17-5-3-16(4-6-17)21-20-23(26)27-13-28-24(20)32(31-21)18-7-9-36(33,34)10-8-18/h3-6,11-13,18H,7-10H2,1-2H3,(H,29,30)(H2,26,27,28). The van der Waals surface area contributed by atoms with Crippen LogP contribution in [-0.2, 0) is 9.84 Å². The molecule has 10 nitrogen and oxygen atoms in total. The van der Waals surface area contributed by atoms with E-state index in [0.717, 1.165) is 33.5 Å². The molecule has 4 heterocycles. The molecule has 3 N–H and O–H groups in total. The highest BCUT2D eigenvalue weighted by atomic mass is 32.2. The van der Waals surface area contributed by atoms with E-state index in [4.69, 9.17) is 15.2 Å². The molecule has 1 aliphatic rings. The van der Waals surface area contributed by atoms with Crippen molar-refractivity contribution in [2.45, 2.75) is 32.7 Å². The number of nitrogens with one attached hydrogen (secondary N) is 1. The van der Waals surface area contributed by atoms with Crippen LogP contribution in [0.4, 0.5) is 17.5 Å². The lowest BCUT2D eigenvalue weighted by Gasteiger charge is -2.22. The molecule has 3 aromatic heterocycles. The van der Waals surface area contributed by atoms with Crippen molar-refractivity contribution in [1.29, 1.82) is 0 Å². The molecular weight excluding hydrogens is 478 g/mol. The van der Waals surface area contributed by atoms with Crippen molar-refractivity contribution in [3.63, 3.8) is 0 Å². The van der Waals surface area contributed by atoms with Gasteiger partial charge in [0.1, 0.15) is 33.2 Å². The summed E-state index contributed by atoms with van der Waals surface area (Å²) in [6, 6.07) is 12.1. The van der Waals surface area contributed by atoms with Gasteiger partial charge in [0.25, 0.3) is 6.01 Å². The quantitative estimate of drug-likeness (QED) is 0.366. The summed E-state index contributed by atoms with van der Waals surface area (Å²) in [4.78, 5) is 13.2. The molecule has 2 aromatic carbocycles. The molecule has 11 heteroatoms. The third-order valence-corrected chi connectivity index (χ3v) is 8.33. The van der Waals surface area contributed by atoms with Gasteiger partial charge >= 0.3 is 0 Å². The van der Waals surface area contributed by atoms with Gasteiger partial charge in [-0.15, -0.1) is 0 Å². The van der Waals surface area contributed by atoms with Crippen LogP contribution in [0.3, 0.4) is 0 Å². The molecule has 36 heavy (non-hydrogen) atoms. The number of hydrogen-bond acceptors (Lipinski definition) is 9. The third kappa shape index (κ3) is 3.95. The number of nitrogens with zero attached hydrogens (tertiary/aromatic N) is 5. The lowest BCUT2D eigenvalue weighted by molar-refractivity contribution is 0.423. The Kier molecular flexibility index (Phi) is 5.18. The molecule has 1 saturated heterocycles. The second kappa shape index (κ2) is 8.30. The van der Waals surface area contributed by atoms with Crippen molar-refractivity contribution in [2.75, 3.05) is 22.6 Å². The zero-order valence-corrected chi connectivity index (χ0v) is 20.7. The molecule has 0 radical (unpaired) electrons. The van der Waals surface area contributed by atoms with E-state index >= 15 is 0 Å². The monoisotopic (exact) mass is 503 g/mol. The summed E-state index contributed by atoms with van der Waals surface area (Å²) >= 11 is 0. The topological polar surface area (TPSA) is 142 Å².